The molecular weight excluding hydrogens is 362 g/mol. The van der Waals surface area contributed by atoms with Gasteiger partial charge in [-0.3, -0.25) is 19.8 Å². The predicted octanol–water partition coefficient (Wildman–Crippen LogP) is 4.06. The summed E-state index contributed by atoms with van der Waals surface area (Å²) in [6.07, 6.45) is 1.31. The van der Waals surface area contributed by atoms with Crippen LogP contribution >= 0.6 is 11.3 Å². The lowest BCUT2D eigenvalue weighted by Crippen LogP contribution is -2.38. The molecule has 1 aromatic carbocycles. The molecule has 2 aromatic rings. The Morgan fingerprint density at radius 3 is 2.44 bits per heavy atom. The van der Waals surface area contributed by atoms with Crippen molar-refractivity contribution in [2.24, 2.45) is 11.8 Å². The number of carbonyl (C=O) groups excluding carboxylic acids is 1. The first-order valence-electron chi connectivity index (χ1n) is 9.22. The molecule has 1 saturated heterocycles. The first kappa shape index (κ1) is 19.5. The first-order valence-corrected chi connectivity index (χ1v) is 10.1. The molecule has 2 heterocycles. The molecule has 6 nitrogen and oxygen atoms in total. The first-order chi connectivity index (χ1) is 12.9. The second-order valence-corrected chi connectivity index (χ2v) is 8.46. The fourth-order valence-electron chi connectivity index (χ4n) is 3.77. The average Bonchev–Trinajstić information content (AvgIpc) is 3.10. The summed E-state index contributed by atoms with van der Waals surface area (Å²) < 4.78 is 0. The van der Waals surface area contributed by atoms with Crippen LogP contribution in [0.25, 0.3) is 0 Å². The van der Waals surface area contributed by atoms with Gasteiger partial charge in [0.05, 0.1) is 10.5 Å². The Bertz CT molecular complexity index is 793. The molecule has 144 valence electrons. The molecule has 0 spiro atoms. The van der Waals surface area contributed by atoms with Crippen LogP contribution < -0.4 is 5.32 Å². The Labute approximate surface area is 163 Å². The summed E-state index contributed by atoms with van der Waals surface area (Å²) in [5.74, 6) is 1.20. The van der Waals surface area contributed by atoms with Crippen molar-refractivity contribution in [1.82, 2.24) is 10.2 Å². The summed E-state index contributed by atoms with van der Waals surface area (Å²) in [5, 5.41) is 15.0. The third-order valence-electron chi connectivity index (χ3n) is 4.85. The van der Waals surface area contributed by atoms with Gasteiger partial charge in [0.15, 0.2) is 0 Å². The molecular formula is C20H25N3O3S. The molecule has 0 bridgehead atoms. The van der Waals surface area contributed by atoms with Gasteiger partial charge in [0, 0.05) is 37.6 Å². The number of nitro groups is 1. The lowest BCUT2D eigenvalue weighted by atomic mass is 9.91. The van der Waals surface area contributed by atoms with Gasteiger partial charge in [-0.05, 0) is 29.4 Å². The maximum atomic E-state index is 12.1. The number of hydrogen-bond acceptors (Lipinski definition) is 5. The number of nitrogens with one attached hydrogen (secondary N) is 1. The molecule has 7 heteroatoms. The maximum Gasteiger partial charge on any atom is 0.324 e. The van der Waals surface area contributed by atoms with E-state index in [0.29, 0.717) is 12.1 Å². The highest BCUT2D eigenvalue weighted by Gasteiger charge is 2.21. The fraction of sp³-hybridized carbons (Fsp3) is 0.450. The fourth-order valence-corrected chi connectivity index (χ4v) is 4.47. The van der Waals surface area contributed by atoms with Gasteiger partial charge in [-0.15, -0.1) is 0 Å². The van der Waals surface area contributed by atoms with Gasteiger partial charge in [0.1, 0.15) is 0 Å². The van der Waals surface area contributed by atoms with Crippen LogP contribution in [0.5, 0.6) is 0 Å². The summed E-state index contributed by atoms with van der Waals surface area (Å²) in [7, 11) is 0. The van der Waals surface area contributed by atoms with Crippen molar-refractivity contribution in [3.8, 4) is 0 Å². The van der Waals surface area contributed by atoms with Gasteiger partial charge < -0.3 is 5.32 Å². The van der Waals surface area contributed by atoms with Crippen LogP contribution in [-0.4, -0.2) is 28.8 Å². The van der Waals surface area contributed by atoms with Gasteiger partial charge in [-0.25, -0.2) is 0 Å². The Balaban J connectivity index is 1.51. The molecule has 2 unspecified atom stereocenters. The van der Waals surface area contributed by atoms with Crippen LogP contribution in [0.2, 0.25) is 0 Å². The van der Waals surface area contributed by atoms with Crippen molar-refractivity contribution in [3.63, 3.8) is 0 Å². The zero-order valence-corrected chi connectivity index (χ0v) is 16.5. The third-order valence-corrected chi connectivity index (χ3v) is 5.73. The van der Waals surface area contributed by atoms with Gasteiger partial charge >= 0.3 is 5.00 Å². The molecule has 0 aliphatic carbocycles. The highest BCUT2D eigenvalue weighted by Crippen LogP contribution is 2.23. The zero-order valence-electron chi connectivity index (χ0n) is 15.7. The number of nitrogens with zero attached hydrogens (tertiary/aromatic N) is 2. The zero-order chi connectivity index (χ0) is 19.4. The molecule has 1 N–H and O–H groups in total. The number of benzene rings is 1. The summed E-state index contributed by atoms with van der Waals surface area (Å²) in [6, 6.07) is 9.59. The molecule has 1 fully saturated rings. The minimum atomic E-state index is -0.482. The molecule has 1 aliphatic rings. The van der Waals surface area contributed by atoms with E-state index in [2.05, 4.69) is 36.2 Å². The van der Waals surface area contributed by atoms with E-state index in [9.17, 15) is 14.9 Å². The van der Waals surface area contributed by atoms with Crippen molar-refractivity contribution in [2.45, 2.75) is 33.4 Å². The monoisotopic (exact) mass is 387 g/mol. The average molecular weight is 388 g/mol. The maximum absolute atomic E-state index is 12.1. The number of rotatable bonds is 6. The van der Waals surface area contributed by atoms with Crippen molar-refractivity contribution in [1.29, 1.82) is 0 Å². The largest absolute Gasteiger partial charge is 0.348 e. The highest BCUT2D eigenvalue weighted by atomic mass is 32.1. The van der Waals surface area contributed by atoms with Crippen molar-refractivity contribution in [3.05, 3.63) is 62.5 Å². The Kier molecular flexibility index (Phi) is 6.23. The molecule has 1 aliphatic heterocycles. The molecule has 0 radical (unpaired) electrons. The number of amides is 1. The van der Waals surface area contributed by atoms with Crippen LogP contribution in [-0.2, 0) is 13.1 Å². The number of hydrogen-bond donors (Lipinski definition) is 1. The SMILES string of the molecule is CC1CC(C)CN(Cc2ccc(CNC(=O)c3csc([N+](=O)[O-])c3)cc2)C1. The molecule has 0 saturated carbocycles. The summed E-state index contributed by atoms with van der Waals surface area (Å²) in [5.41, 5.74) is 2.62. The minimum absolute atomic E-state index is 0.0224. The molecule has 1 amide bonds. The Morgan fingerprint density at radius 2 is 1.85 bits per heavy atom. The Morgan fingerprint density at radius 1 is 1.22 bits per heavy atom. The van der Waals surface area contributed by atoms with Gasteiger partial charge in [0.25, 0.3) is 5.91 Å². The van der Waals surface area contributed by atoms with E-state index in [1.807, 2.05) is 12.1 Å². The van der Waals surface area contributed by atoms with Crippen LogP contribution in [0.3, 0.4) is 0 Å². The summed E-state index contributed by atoms with van der Waals surface area (Å²) >= 11 is 0.962. The van der Waals surface area contributed by atoms with Crippen LogP contribution in [0.4, 0.5) is 5.00 Å². The highest BCUT2D eigenvalue weighted by molar-refractivity contribution is 7.13. The summed E-state index contributed by atoms with van der Waals surface area (Å²) in [4.78, 5) is 24.8. The molecule has 27 heavy (non-hydrogen) atoms. The second-order valence-electron chi connectivity index (χ2n) is 7.57. The van der Waals surface area contributed by atoms with Crippen LogP contribution in [0, 0.1) is 22.0 Å². The van der Waals surface area contributed by atoms with Gasteiger partial charge in [-0.2, -0.15) is 0 Å². The number of thiophene rings is 1. The Hall–Kier alpha value is -2.25. The standard InChI is InChI=1S/C20H25N3O3S/c1-14-7-15(2)11-22(10-14)12-17-5-3-16(4-6-17)9-21-20(24)18-8-19(23(25)26)27-13-18/h3-6,8,13-15H,7,9-12H2,1-2H3,(H,21,24). The van der Waals surface area contributed by atoms with Crippen molar-refractivity contribution >= 4 is 22.2 Å². The lowest BCUT2D eigenvalue weighted by molar-refractivity contribution is -0.380. The van der Waals surface area contributed by atoms with E-state index in [-0.39, 0.29) is 10.9 Å². The molecule has 1 aromatic heterocycles. The molecule has 3 rings (SSSR count). The van der Waals surface area contributed by atoms with E-state index in [0.717, 1.165) is 48.4 Å². The van der Waals surface area contributed by atoms with Gasteiger partial charge in [-0.1, -0.05) is 49.4 Å². The quantitative estimate of drug-likeness (QED) is 0.599. The summed E-state index contributed by atoms with van der Waals surface area (Å²) in [6.45, 7) is 8.29. The van der Waals surface area contributed by atoms with E-state index in [1.165, 1.54) is 23.4 Å². The topological polar surface area (TPSA) is 75.5 Å². The smallest absolute Gasteiger partial charge is 0.324 e. The number of likely N-dealkylation sites (tertiary alicyclic amines) is 1. The van der Waals surface area contributed by atoms with Crippen LogP contribution in [0.15, 0.2) is 35.7 Å². The van der Waals surface area contributed by atoms with E-state index < -0.39 is 4.92 Å². The number of piperidine rings is 1. The van der Waals surface area contributed by atoms with Crippen LogP contribution in [0.1, 0.15) is 41.8 Å². The van der Waals surface area contributed by atoms with E-state index in [1.54, 1.807) is 0 Å². The predicted molar refractivity (Wildman–Crippen MR) is 107 cm³/mol. The number of carbonyl (C=O) groups is 1. The second kappa shape index (κ2) is 8.63. The van der Waals surface area contributed by atoms with Crippen molar-refractivity contribution < 1.29 is 9.72 Å². The van der Waals surface area contributed by atoms with E-state index >= 15 is 0 Å². The van der Waals surface area contributed by atoms with E-state index in [4.69, 9.17) is 0 Å². The minimum Gasteiger partial charge on any atom is -0.348 e. The normalized spacial score (nSPS) is 20.4. The third kappa shape index (κ3) is 5.37. The molecule has 2 atom stereocenters. The van der Waals surface area contributed by atoms with Gasteiger partial charge in [0.2, 0.25) is 0 Å². The lowest BCUT2D eigenvalue weighted by Gasteiger charge is -2.35. The van der Waals surface area contributed by atoms with Crippen molar-refractivity contribution in [2.75, 3.05) is 13.1 Å².